The van der Waals surface area contributed by atoms with Crippen molar-refractivity contribution in [3.05, 3.63) is 40.2 Å². The van der Waals surface area contributed by atoms with Gasteiger partial charge in [0.2, 0.25) is 0 Å². The largest absolute Gasteiger partial charge is 0.325 e. The van der Waals surface area contributed by atoms with Crippen molar-refractivity contribution in [2.75, 3.05) is 24.2 Å². The summed E-state index contributed by atoms with van der Waals surface area (Å²) in [6.07, 6.45) is 0.795. The summed E-state index contributed by atoms with van der Waals surface area (Å²) in [6, 6.07) is 0.926. The highest BCUT2D eigenvalue weighted by molar-refractivity contribution is 7.15. The van der Waals surface area contributed by atoms with Crippen molar-refractivity contribution >= 4 is 28.2 Å². The number of hydrogen-bond donors (Lipinski definition) is 2. The van der Waals surface area contributed by atoms with Crippen molar-refractivity contribution < 1.29 is 18.0 Å². The summed E-state index contributed by atoms with van der Waals surface area (Å²) in [6.45, 7) is 1.65. The lowest BCUT2D eigenvalue weighted by molar-refractivity contribution is 0.262. The summed E-state index contributed by atoms with van der Waals surface area (Å²) >= 11 is 1.34. The first kappa shape index (κ1) is 15.8. The van der Waals surface area contributed by atoms with E-state index in [1.807, 2.05) is 7.05 Å². The summed E-state index contributed by atoms with van der Waals surface area (Å²) in [5.74, 6) is -4.39. The number of benzene rings is 1. The van der Waals surface area contributed by atoms with Crippen LogP contribution in [0.1, 0.15) is 10.6 Å². The van der Waals surface area contributed by atoms with Gasteiger partial charge in [-0.2, -0.15) is 0 Å². The van der Waals surface area contributed by atoms with Crippen LogP contribution in [0.15, 0.2) is 12.1 Å². The number of anilines is 2. The molecule has 23 heavy (non-hydrogen) atoms. The van der Waals surface area contributed by atoms with E-state index in [-0.39, 0.29) is 0 Å². The molecule has 0 fully saturated rings. The molecular formula is C14H13F3N4OS. The Kier molecular flexibility index (Phi) is 4.22. The molecule has 0 radical (unpaired) electrons. The molecule has 2 aromatic rings. The number of urea groups is 1. The number of nitrogens with zero attached hydrogens (tertiary/aromatic N) is 2. The fourth-order valence-corrected chi connectivity index (χ4v) is 3.33. The molecule has 0 saturated heterocycles. The molecule has 0 saturated carbocycles. The monoisotopic (exact) mass is 342 g/mol. The average Bonchev–Trinajstić information content (AvgIpc) is 2.89. The Bertz CT molecular complexity index is 765. The Morgan fingerprint density at radius 1 is 1.26 bits per heavy atom. The van der Waals surface area contributed by atoms with E-state index >= 15 is 0 Å². The first-order valence-electron chi connectivity index (χ1n) is 6.82. The second-order valence-corrected chi connectivity index (χ2v) is 6.26. The maximum absolute atomic E-state index is 13.5. The number of fused-ring (bicyclic) bond motifs is 1. The number of carbonyl (C=O) groups is 1. The van der Waals surface area contributed by atoms with Crippen molar-refractivity contribution in [2.24, 2.45) is 0 Å². The van der Waals surface area contributed by atoms with Gasteiger partial charge in [0.25, 0.3) is 0 Å². The van der Waals surface area contributed by atoms with Gasteiger partial charge in [0, 0.05) is 24.4 Å². The van der Waals surface area contributed by atoms with E-state index in [9.17, 15) is 18.0 Å². The molecule has 2 heterocycles. The molecule has 2 N–H and O–H groups in total. The van der Waals surface area contributed by atoms with E-state index in [1.165, 1.54) is 11.3 Å². The number of likely N-dealkylation sites (N-methyl/N-ethyl adjacent to an activating group) is 1. The number of carbonyl (C=O) groups excluding carboxylic acids is 1. The minimum Gasteiger partial charge on any atom is -0.305 e. The standard InChI is InChI=1S/C14H13F3N4OS/c1-21-5-4-8-10(6-21)23-14(19-8)20-13(22)18-9-3-2-7(15)11(16)12(9)17/h2-3H,4-6H2,1H3,(H2,18,19,20,22). The average molecular weight is 342 g/mol. The van der Waals surface area contributed by atoms with Crippen LogP contribution >= 0.6 is 11.3 Å². The van der Waals surface area contributed by atoms with Crippen LogP contribution in [0.4, 0.5) is 28.8 Å². The number of amides is 2. The van der Waals surface area contributed by atoms with Crippen LogP contribution in [0.3, 0.4) is 0 Å². The van der Waals surface area contributed by atoms with Gasteiger partial charge < -0.3 is 10.2 Å². The Labute approximate surface area is 134 Å². The quantitative estimate of drug-likeness (QED) is 0.824. The smallest absolute Gasteiger partial charge is 0.305 e. The van der Waals surface area contributed by atoms with Crippen LogP contribution in [-0.4, -0.2) is 29.5 Å². The Hall–Kier alpha value is -2.13. The number of nitrogens with one attached hydrogen (secondary N) is 2. The third-order valence-electron chi connectivity index (χ3n) is 3.43. The normalized spacial score (nSPS) is 14.4. The van der Waals surface area contributed by atoms with Gasteiger partial charge in [-0.25, -0.2) is 22.9 Å². The van der Waals surface area contributed by atoms with Crippen molar-refractivity contribution in [3.8, 4) is 0 Å². The van der Waals surface area contributed by atoms with Crippen LogP contribution in [0, 0.1) is 17.5 Å². The number of thiazole rings is 1. The van der Waals surface area contributed by atoms with Crippen molar-refractivity contribution in [2.45, 2.75) is 13.0 Å². The predicted octanol–water partition coefficient (Wildman–Crippen LogP) is 3.19. The van der Waals surface area contributed by atoms with Crippen LogP contribution in [0.5, 0.6) is 0 Å². The number of aromatic nitrogens is 1. The highest BCUT2D eigenvalue weighted by Gasteiger charge is 2.20. The summed E-state index contributed by atoms with van der Waals surface area (Å²) in [7, 11) is 1.99. The van der Waals surface area contributed by atoms with E-state index in [2.05, 4.69) is 20.5 Å². The third kappa shape index (κ3) is 3.30. The van der Waals surface area contributed by atoms with E-state index in [0.29, 0.717) is 5.13 Å². The maximum atomic E-state index is 13.5. The number of halogens is 3. The van der Waals surface area contributed by atoms with Gasteiger partial charge in [-0.1, -0.05) is 0 Å². The van der Waals surface area contributed by atoms with Crippen LogP contribution < -0.4 is 10.6 Å². The van der Waals surface area contributed by atoms with E-state index in [0.717, 1.165) is 42.2 Å². The first-order valence-corrected chi connectivity index (χ1v) is 7.64. The Balaban J connectivity index is 1.70. The molecule has 0 spiro atoms. The molecule has 5 nitrogen and oxygen atoms in total. The summed E-state index contributed by atoms with van der Waals surface area (Å²) in [5, 5.41) is 5.00. The van der Waals surface area contributed by atoms with Gasteiger partial charge in [-0.05, 0) is 19.2 Å². The molecule has 1 aliphatic rings. The zero-order chi connectivity index (χ0) is 16.6. The molecule has 0 bridgehead atoms. The second-order valence-electron chi connectivity index (χ2n) is 5.18. The Morgan fingerprint density at radius 2 is 2.04 bits per heavy atom. The van der Waals surface area contributed by atoms with Crippen molar-refractivity contribution in [3.63, 3.8) is 0 Å². The first-order chi connectivity index (χ1) is 10.9. The highest BCUT2D eigenvalue weighted by atomic mass is 32.1. The van der Waals surface area contributed by atoms with Crippen LogP contribution in [0.2, 0.25) is 0 Å². The van der Waals surface area contributed by atoms with E-state index in [4.69, 9.17) is 0 Å². The molecule has 1 aliphatic heterocycles. The van der Waals surface area contributed by atoms with E-state index < -0.39 is 29.2 Å². The number of rotatable bonds is 2. The minimum atomic E-state index is -1.63. The van der Waals surface area contributed by atoms with Gasteiger partial charge in [0.05, 0.1) is 11.4 Å². The Morgan fingerprint density at radius 3 is 2.83 bits per heavy atom. The van der Waals surface area contributed by atoms with Gasteiger partial charge >= 0.3 is 6.03 Å². The summed E-state index contributed by atoms with van der Waals surface area (Å²) < 4.78 is 39.5. The predicted molar refractivity (Wildman–Crippen MR) is 81.1 cm³/mol. The highest BCUT2D eigenvalue weighted by Crippen LogP contribution is 2.28. The molecule has 9 heteroatoms. The van der Waals surface area contributed by atoms with E-state index in [1.54, 1.807) is 0 Å². The molecule has 122 valence electrons. The summed E-state index contributed by atoms with van der Waals surface area (Å²) in [4.78, 5) is 19.4. The zero-order valence-corrected chi connectivity index (χ0v) is 12.9. The molecule has 0 atom stereocenters. The van der Waals surface area contributed by atoms with Crippen LogP contribution in [0.25, 0.3) is 0 Å². The minimum absolute atomic E-state index is 0.380. The molecule has 3 rings (SSSR count). The second kappa shape index (κ2) is 6.17. The van der Waals surface area contributed by atoms with Gasteiger partial charge in [-0.15, -0.1) is 11.3 Å². The fraction of sp³-hybridized carbons (Fsp3) is 0.286. The van der Waals surface area contributed by atoms with Crippen molar-refractivity contribution in [1.29, 1.82) is 0 Å². The lowest BCUT2D eigenvalue weighted by atomic mass is 10.2. The molecule has 1 aromatic heterocycles. The lowest BCUT2D eigenvalue weighted by Crippen LogP contribution is -2.25. The molecule has 2 amide bonds. The van der Waals surface area contributed by atoms with Crippen molar-refractivity contribution in [1.82, 2.24) is 9.88 Å². The topological polar surface area (TPSA) is 57.3 Å². The molecule has 1 aromatic carbocycles. The fourth-order valence-electron chi connectivity index (χ4n) is 2.25. The van der Waals surface area contributed by atoms with Gasteiger partial charge in [0.1, 0.15) is 0 Å². The molecule has 0 unspecified atom stereocenters. The number of hydrogen-bond acceptors (Lipinski definition) is 4. The van der Waals surface area contributed by atoms with Crippen LogP contribution in [-0.2, 0) is 13.0 Å². The third-order valence-corrected chi connectivity index (χ3v) is 4.42. The summed E-state index contributed by atoms with van der Waals surface area (Å²) in [5.41, 5.74) is 0.491. The molecule has 0 aliphatic carbocycles. The zero-order valence-electron chi connectivity index (χ0n) is 12.1. The SMILES string of the molecule is CN1CCc2nc(NC(=O)Nc3ccc(F)c(F)c3F)sc2C1. The maximum Gasteiger partial charge on any atom is 0.325 e. The van der Waals surface area contributed by atoms with Gasteiger partial charge in [-0.3, -0.25) is 5.32 Å². The lowest BCUT2D eigenvalue weighted by Gasteiger charge is -2.20. The molecular weight excluding hydrogens is 329 g/mol. The van der Waals surface area contributed by atoms with Gasteiger partial charge in [0.15, 0.2) is 22.6 Å².